The number of para-hydroxylation sites is 6. The van der Waals surface area contributed by atoms with Crippen molar-refractivity contribution in [3.8, 4) is 5.75 Å². The monoisotopic (exact) mass is 1850 g/mol. The number of benzene rings is 10. The van der Waals surface area contributed by atoms with Gasteiger partial charge in [-0.3, -0.25) is 4.79 Å². The van der Waals surface area contributed by atoms with Crippen molar-refractivity contribution in [2.24, 2.45) is 0 Å². The molecule has 2 fully saturated rings. The second-order valence-corrected chi connectivity index (χ2v) is 34.7. The molecule has 10 aromatic carbocycles. The third-order valence-corrected chi connectivity index (χ3v) is 21.3. The zero-order valence-electron chi connectivity index (χ0n) is 67.8. The van der Waals surface area contributed by atoms with E-state index >= 15 is 0 Å². The first kappa shape index (κ1) is 97.8. The van der Waals surface area contributed by atoms with Crippen molar-refractivity contribution in [1.29, 1.82) is 0 Å². The lowest BCUT2D eigenvalue weighted by Crippen LogP contribution is -2.49. The number of halogens is 10. The molecule has 0 spiro atoms. The van der Waals surface area contributed by atoms with Gasteiger partial charge in [-0.25, -0.2) is 24.9 Å². The van der Waals surface area contributed by atoms with Gasteiger partial charge in [0.15, 0.2) is 0 Å². The minimum atomic E-state index is -0.286. The van der Waals surface area contributed by atoms with Gasteiger partial charge in [0, 0.05) is 141 Å². The fraction of sp³-hybridized carbons (Fsp3) is 0.204. The molecule has 16 aromatic rings. The summed E-state index contributed by atoms with van der Waals surface area (Å²) in [5.74, 6) is 2.31. The summed E-state index contributed by atoms with van der Waals surface area (Å²) in [6, 6.07) is 87.6. The summed E-state index contributed by atoms with van der Waals surface area (Å²) >= 11 is 59.1. The third kappa shape index (κ3) is 30.7. The highest BCUT2D eigenvalue weighted by molar-refractivity contribution is 6.39. The topological polar surface area (TPSA) is 219 Å². The number of hydrogen-bond acceptors (Lipinski definition) is 15. The van der Waals surface area contributed by atoms with E-state index in [-0.39, 0.29) is 37.2 Å². The third-order valence-electron chi connectivity index (χ3n) is 18.7. The zero-order chi connectivity index (χ0) is 86.9. The molecule has 8 heterocycles. The number of piperidine rings is 2. The van der Waals surface area contributed by atoms with E-state index in [2.05, 4.69) is 128 Å². The van der Waals surface area contributed by atoms with Crippen molar-refractivity contribution < 1.29 is 5.11 Å². The highest BCUT2D eigenvalue weighted by Gasteiger charge is 2.25. The number of nitrogens with two attached hydrogens (primary N) is 1. The maximum absolute atomic E-state index is 10.9. The van der Waals surface area contributed by atoms with Crippen LogP contribution in [0.1, 0.15) is 82.1 Å². The van der Waals surface area contributed by atoms with Gasteiger partial charge in [0.2, 0.25) is 0 Å². The van der Waals surface area contributed by atoms with Crippen molar-refractivity contribution >= 4 is 227 Å². The Bertz CT molecular complexity index is 5940. The van der Waals surface area contributed by atoms with Gasteiger partial charge in [-0.2, -0.15) is 0 Å². The Labute approximate surface area is 775 Å². The van der Waals surface area contributed by atoms with Gasteiger partial charge in [-0.05, 0) is 232 Å². The summed E-state index contributed by atoms with van der Waals surface area (Å²) < 4.78 is 0. The van der Waals surface area contributed by atoms with Crippen molar-refractivity contribution in [2.45, 2.75) is 105 Å². The number of nitrogen functional groups attached to an aromatic ring is 1. The van der Waals surface area contributed by atoms with Crippen LogP contribution in [0.3, 0.4) is 0 Å². The van der Waals surface area contributed by atoms with Gasteiger partial charge in [0.1, 0.15) is 33.5 Å². The lowest BCUT2D eigenvalue weighted by molar-refractivity contribution is 0.304. The summed E-state index contributed by atoms with van der Waals surface area (Å²) in [6.07, 6.45) is 4.84. The molecule has 124 heavy (non-hydrogen) atoms. The molecule has 0 aliphatic carbocycles. The number of fused-ring (bicyclic) bond motifs is 6. The molecule has 18 rings (SSSR count). The van der Waals surface area contributed by atoms with Gasteiger partial charge in [0.05, 0.1) is 53.2 Å². The van der Waals surface area contributed by atoms with E-state index in [4.69, 9.17) is 127 Å². The van der Waals surface area contributed by atoms with E-state index in [9.17, 15) is 9.90 Å². The molecule has 10 N–H and O–H groups in total. The summed E-state index contributed by atoms with van der Waals surface area (Å²) in [5.41, 5.74) is 15.4. The van der Waals surface area contributed by atoms with Crippen LogP contribution in [0.5, 0.6) is 5.75 Å². The van der Waals surface area contributed by atoms with E-state index in [0.717, 1.165) is 120 Å². The van der Waals surface area contributed by atoms with Crippen LogP contribution in [0.25, 0.3) is 65.4 Å². The molecular formula is C98H100Cl10N14O2. The van der Waals surface area contributed by atoms with Crippen LogP contribution in [0, 0.1) is 0 Å². The lowest BCUT2D eigenvalue weighted by Gasteiger charge is -2.37. The van der Waals surface area contributed by atoms with Crippen LogP contribution in [0.4, 0.5) is 45.9 Å². The molecule has 0 bridgehead atoms. The Morgan fingerprint density at radius 3 is 1.05 bits per heavy atom. The fourth-order valence-corrected chi connectivity index (χ4v) is 15.3. The van der Waals surface area contributed by atoms with Crippen molar-refractivity contribution in [3.05, 3.63) is 340 Å². The van der Waals surface area contributed by atoms with E-state index in [1.54, 1.807) is 60.7 Å². The van der Waals surface area contributed by atoms with Crippen LogP contribution in [-0.2, 0) is 0 Å². The molecule has 2 aliphatic rings. The average Bonchev–Trinajstić information content (AvgIpc) is 0.732. The van der Waals surface area contributed by atoms with Crippen molar-refractivity contribution in [3.63, 3.8) is 0 Å². The highest BCUT2D eigenvalue weighted by Crippen LogP contribution is 2.35. The molecule has 0 amide bonds. The summed E-state index contributed by atoms with van der Waals surface area (Å²) in [4.78, 5) is 38.1. The first-order valence-corrected chi connectivity index (χ1v) is 43.1. The second kappa shape index (κ2) is 47.4. The van der Waals surface area contributed by atoms with Crippen LogP contribution in [0.2, 0.25) is 50.5 Å². The molecule has 0 atom stereocenters. The maximum Gasteiger partial charge on any atom is 0.252 e. The van der Waals surface area contributed by atoms with Gasteiger partial charge in [-0.1, -0.05) is 234 Å². The number of aromatic nitrogens is 6. The van der Waals surface area contributed by atoms with Gasteiger partial charge in [0.25, 0.3) is 5.56 Å². The normalized spacial score (nSPS) is 12.5. The number of H-pyrrole nitrogens is 1. The van der Waals surface area contributed by atoms with E-state index in [1.807, 2.05) is 188 Å². The summed E-state index contributed by atoms with van der Waals surface area (Å²) in [5, 5.41) is 41.9. The molecule has 2 saturated heterocycles. The molecule has 2 aliphatic heterocycles. The largest absolute Gasteiger partial charge is 0.507 e. The van der Waals surface area contributed by atoms with Crippen molar-refractivity contribution in [1.82, 2.24) is 45.9 Å². The van der Waals surface area contributed by atoms with E-state index in [0.29, 0.717) is 69.0 Å². The Morgan fingerprint density at radius 1 is 0.371 bits per heavy atom. The number of pyridine rings is 6. The summed E-state index contributed by atoms with van der Waals surface area (Å²) in [7, 11) is 0. The molecule has 6 aromatic heterocycles. The zero-order valence-corrected chi connectivity index (χ0v) is 75.3. The molecule has 0 radical (unpaired) electrons. The van der Waals surface area contributed by atoms with Crippen molar-refractivity contribution in [2.75, 3.05) is 52.8 Å². The molecule has 16 nitrogen and oxygen atoms in total. The lowest BCUT2D eigenvalue weighted by atomic mass is 9.99. The Morgan fingerprint density at radius 2 is 0.677 bits per heavy atom. The van der Waals surface area contributed by atoms with E-state index < -0.39 is 0 Å². The van der Waals surface area contributed by atoms with Crippen LogP contribution < -0.4 is 48.1 Å². The highest BCUT2D eigenvalue weighted by atomic mass is 35.5. The number of rotatable bonds is 9. The predicted molar refractivity (Wildman–Crippen MR) is 535 cm³/mol. The SMILES string of the molecule is C.C.CC(C)(C)NC1CCN(c2cc(Nc3ccc(Cl)cc3)nc3ccccc23)CC1.CC(C)(C)NC1CCNCC1.Clc1cc(Cl)c2ccccc2n1.Clc1cc(Cl)c2ccccc2n1.Clc1ccc(Nc2cc(Cl)c3ccccc3n2)cc1.Clc1ccc(Nc2cc(Cl)c3ccccc3n2)cc1.Nc1ccc(Cl)cc1.O=c1cc(O)c2ccccc2[nH]1. The molecule has 0 saturated carbocycles. The number of aromatic amines is 1. The standard InChI is InChI=1S/C24H29ClN4.2C15H10Cl2N2.2C9H5Cl2N.C9H20N2.C9H7NO2.C6H6ClN.2CH4/c1-24(2,3)28-19-12-14-29(15-13-19)22-16-23(26-18-10-8-17(25)9-11-18)27-21-7-5-4-6-20(21)22;2*16-10-5-7-11(8-6-10)18-15-9-13(17)12-3-1-2-4-14(12)19-15;2*10-7-5-9(11)12-8-4-2-1-3-6(7)8;1-9(2,3)11-8-4-6-10-7-5-8;11-8-5-9(12)10-7-4-2-1-3-6(7)8;7-5-1-3-6(8)4-2-5;;/h4-11,16,19,28H,12-15H2,1-3H3,(H,26,27);2*1-9H,(H,18,19);2*1-5H;8,10-11H,4-7H2,1-3H3;1-5H,(H2,10,11,12);1-4H,8H2;2*1H4. The second-order valence-electron chi connectivity index (χ2n) is 30.5. The Hall–Kier alpha value is -9.96. The quantitative estimate of drug-likeness (QED) is 0.0485. The first-order chi connectivity index (χ1) is 58.5. The number of anilines is 8. The molecule has 26 heteroatoms. The fourth-order valence-electron chi connectivity index (χ4n) is 13.2. The number of hydrogen-bond donors (Lipinski definition) is 9. The molecule has 0 unspecified atom stereocenters. The average molecular weight is 1860 g/mol. The number of nitrogens with one attached hydrogen (secondary N) is 7. The number of aromatic hydroxyl groups is 1. The van der Waals surface area contributed by atoms with E-state index in [1.165, 1.54) is 43.1 Å². The Balaban J connectivity index is 0.000000165. The summed E-state index contributed by atoms with van der Waals surface area (Å²) in [6.45, 7) is 17.9. The smallest absolute Gasteiger partial charge is 0.252 e. The van der Waals surface area contributed by atoms with Gasteiger partial charge >= 0.3 is 0 Å². The maximum atomic E-state index is 10.9. The minimum absolute atomic E-state index is 0. The first-order valence-electron chi connectivity index (χ1n) is 39.3. The van der Waals surface area contributed by atoms with Crippen LogP contribution in [-0.4, -0.2) is 84.4 Å². The molecular weight excluding hydrogens is 1760 g/mol. The van der Waals surface area contributed by atoms with Crippen LogP contribution in [0.15, 0.2) is 284 Å². The Kier molecular flexibility index (Phi) is 37.4. The van der Waals surface area contributed by atoms with Crippen LogP contribution >= 0.6 is 116 Å². The van der Waals surface area contributed by atoms with Gasteiger partial charge in [-0.15, -0.1) is 0 Å². The predicted octanol–water partition coefficient (Wildman–Crippen LogP) is 29.2. The number of nitrogens with zero attached hydrogens (tertiary/aromatic N) is 6. The van der Waals surface area contributed by atoms with Gasteiger partial charge < -0.3 is 52.6 Å². The minimum Gasteiger partial charge on any atom is -0.507 e. The molecule has 644 valence electrons.